The predicted molar refractivity (Wildman–Crippen MR) is 88.6 cm³/mol. The maximum atomic E-state index is 13.6. The van der Waals surface area contributed by atoms with Crippen molar-refractivity contribution in [1.82, 2.24) is 14.6 Å². The van der Waals surface area contributed by atoms with Crippen molar-refractivity contribution in [2.75, 3.05) is 17.9 Å². The first-order valence-corrected chi connectivity index (χ1v) is 9.21. The van der Waals surface area contributed by atoms with Gasteiger partial charge in [-0.15, -0.1) is 0 Å². The molecule has 1 unspecified atom stereocenters. The maximum Gasteiger partial charge on any atom is 0.266 e. The minimum Gasteiger partial charge on any atom is -0.634 e. The van der Waals surface area contributed by atoms with Crippen LogP contribution in [-0.2, 0) is 16.6 Å². The molecule has 0 saturated carbocycles. The van der Waals surface area contributed by atoms with E-state index < -0.39 is 15.8 Å². The van der Waals surface area contributed by atoms with Gasteiger partial charge in [-0.3, -0.25) is 4.72 Å². The van der Waals surface area contributed by atoms with Crippen LogP contribution in [0.1, 0.15) is 5.56 Å². The number of aromatic nitrogens is 3. The number of halogens is 1. The molecule has 1 aliphatic rings. The van der Waals surface area contributed by atoms with Gasteiger partial charge in [0.05, 0.1) is 11.8 Å². The van der Waals surface area contributed by atoms with Crippen LogP contribution < -0.4 is 14.5 Å². The van der Waals surface area contributed by atoms with E-state index in [2.05, 4.69) is 14.8 Å². The summed E-state index contributed by atoms with van der Waals surface area (Å²) < 4.78 is 48.2. The van der Waals surface area contributed by atoms with Crippen molar-refractivity contribution < 1.29 is 22.6 Å². The highest BCUT2D eigenvalue weighted by Gasteiger charge is 2.23. The Kier molecular flexibility index (Phi) is 3.98. The van der Waals surface area contributed by atoms with Gasteiger partial charge in [0.1, 0.15) is 42.0 Å². The van der Waals surface area contributed by atoms with Gasteiger partial charge in [0.25, 0.3) is 10.0 Å². The van der Waals surface area contributed by atoms with Gasteiger partial charge >= 0.3 is 0 Å². The topological polar surface area (TPSA) is 113 Å². The summed E-state index contributed by atoms with van der Waals surface area (Å²) in [6.07, 6.45) is 3.04. The standard InChI is InChI=1S/C15H14FN5O4S/c16-11-1-2-12-13(7-11)26(23,24)19-14-3-4-21-15(18-14)10(8-17-21)9-20(22)5-6-25-12/h1-4,7-8,20H,5-6,9H2,(H,18,19). The van der Waals surface area contributed by atoms with Gasteiger partial charge in [0, 0.05) is 6.20 Å². The van der Waals surface area contributed by atoms with E-state index in [1.807, 2.05) is 0 Å². The summed E-state index contributed by atoms with van der Waals surface area (Å²) in [7, 11) is -4.15. The normalized spacial score (nSPS) is 19.5. The van der Waals surface area contributed by atoms with Crippen molar-refractivity contribution >= 4 is 21.5 Å². The molecule has 26 heavy (non-hydrogen) atoms. The zero-order valence-corrected chi connectivity index (χ0v) is 14.2. The number of benzene rings is 1. The highest BCUT2D eigenvalue weighted by Crippen LogP contribution is 2.27. The molecule has 2 bridgehead atoms. The van der Waals surface area contributed by atoms with Crippen molar-refractivity contribution in [3.8, 4) is 5.75 Å². The van der Waals surface area contributed by atoms with E-state index in [-0.39, 0.29) is 41.2 Å². The number of fused-ring (bicyclic) bond motifs is 2. The lowest BCUT2D eigenvalue weighted by Crippen LogP contribution is -3.06. The lowest BCUT2D eigenvalue weighted by molar-refractivity contribution is -0.862. The van der Waals surface area contributed by atoms with Crippen molar-refractivity contribution in [1.29, 1.82) is 0 Å². The van der Waals surface area contributed by atoms with Gasteiger partial charge < -0.3 is 15.0 Å². The molecule has 0 saturated heterocycles. The van der Waals surface area contributed by atoms with E-state index in [9.17, 15) is 18.0 Å². The second-order valence-corrected chi connectivity index (χ2v) is 7.41. The van der Waals surface area contributed by atoms with Crippen molar-refractivity contribution in [3.63, 3.8) is 0 Å². The molecule has 0 amide bonds. The Bertz CT molecular complexity index is 1080. The predicted octanol–water partition coefficient (Wildman–Crippen LogP) is -0.0557. The molecule has 9 nitrogen and oxygen atoms in total. The van der Waals surface area contributed by atoms with Gasteiger partial charge in [0.15, 0.2) is 5.65 Å². The lowest BCUT2D eigenvalue weighted by Gasteiger charge is -2.21. The SMILES string of the molecule is O=S1(=O)Nc2ccn3ncc(c3n2)C[NH+]([O-])CCOc2ccc(F)cc21. The van der Waals surface area contributed by atoms with Crippen LogP contribution in [0.4, 0.5) is 10.2 Å². The third-order valence-electron chi connectivity index (χ3n) is 3.90. The monoisotopic (exact) mass is 379 g/mol. The van der Waals surface area contributed by atoms with E-state index in [1.165, 1.54) is 29.0 Å². The molecule has 2 aromatic heterocycles. The fraction of sp³-hybridized carbons (Fsp3) is 0.200. The minimum atomic E-state index is -4.15. The summed E-state index contributed by atoms with van der Waals surface area (Å²) in [5, 5.41) is 16.2. The van der Waals surface area contributed by atoms with Crippen molar-refractivity contribution in [2.45, 2.75) is 11.4 Å². The Labute approximate surface area is 147 Å². The molecule has 0 fully saturated rings. The van der Waals surface area contributed by atoms with Gasteiger partial charge in [-0.1, -0.05) is 0 Å². The van der Waals surface area contributed by atoms with Crippen LogP contribution in [0.3, 0.4) is 0 Å². The first-order valence-electron chi connectivity index (χ1n) is 7.72. The Hall–Kier alpha value is -2.76. The Morgan fingerprint density at radius 2 is 2.19 bits per heavy atom. The smallest absolute Gasteiger partial charge is 0.266 e. The fourth-order valence-electron chi connectivity index (χ4n) is 2.68. The van der Waals surface area contributed by atoms with Crippen LogP contribution in [0.25, 0.3) is 5.65 Å². The molecular formula is C15H14FN5O4S. The summed E-state index contributed by atoms with van der Waals surface area (Å²) in [6.45, 7) is 0.149. The molecule has 1 atom stereocenters. The number of quaternary nitrogens is 1. The second-order valence-electron chi connectivity index (χ2n) is 5.76. The molecule has 3 heterocycles. The quantitative estimate of drug-likeness (QED) is 0.530. The van der Waals surface area contributed by atoms with E-state index >= 15 is 0 Å². The number of hydrogen-bond acceptors (Lipinski definition) is 6. The fourth-order valence-corrected chi connectivity index (χ4v) is 3.84. The lowest BCUT2D eigenvalue weighted by atomic mass is 10.3. The molecule has 2 N–H and O–H groups in total. The number of sulfonamides is 1. The summed E-state index contributed by atoms with van der Waals surface area (Å²) in [5.41, 5.74) is 0.956. The zero-order chi connectivity index (χ0) is 18.3. The zero-order valence-electron chi connectivity index (χ0n) is 13.3. The van der Waals surface area contributed by atoms with E-state index in [4.69, 9.17) is 4.74 Å². The molecule has 0 radical (unpaired) electrons. The summed E-state index contributed by atoms with van der Waals surface area (Å²) >= 11 is 0. The largest absolute Gasteiger partial charge is 0.634 e. The molecule has 136 valence electrons. The number of rotatable bonds is 0. The van der Waals surface area contributed by atoms with Crippen LogP contribution in [-0.4, -0.2) is 36.2 Å². The Balaban J connectivity index is 1.86. The molecule has 0 aliphatic carbocycles. The Morgan fingerprint density at radius 1 is 1.35 bits per heavy atom. The number of nitrogens with zero attached hydrogens (tertiary/aromatic N) is 3. The van der Waals surface area contributed by atoms with Gasteiger partial charge in [-0.05, 0) is 24.3 Å². The average Bonchev–Trinajstić information content (AvgIpc) is 2.97. The molecule has 1 aromatic carbocycles. The van der Waals surface area contributed by atoms with Crippen LogP contribution in [0.15, 0.2) is 41.6 Å². The summed E-state index contributed by atoms with van der Waals surface area (Å²) in [5.74, 6) is -0.726. The number of anilines is 1. The third-order valence-corrected chi connectivity index (χ3v) is 5.28. The van der Waals surface area contributed by atoms with Gasteiger partial charge in [-0.2, -0.15) is 5.10 Å². The van der Waals surface area contributed by atoms with E-state index in [0.717, 1.165) is 12.1 Å². The van der Waals surface area contributed by atoms with Crippen LogP contribution in [0, 0.1) is 11.0 Å². The van der Waals surface area contributed by atoms with Crippen molar-refractivity contribution in [3.05, 3.63) is 53.2 Å². The van der Waals surface area contributed by atoms with Crippen LogP contribution >= 0.6 is 0 Å². The summed E-state index contributed by atoms with van der Waals surface area (Å²) in [4.78, 5) is 3.87. The summed E-state index contributed by atoms with van der Waals surface area (Å²) in [6, 6.07) is 4.60. The average molecular weight is 379 g/mol. The van der Waals surface area contributed by atoms with E-state index in [1.54, 1.807) is 0 Å². The molecule has 1 aliphatic heterocycles. The highest BCUT2D eigenvalue weighted by molar-refractivity contribution is 7.92. The number of hydrogen-bond donors (Lipinski definition) is 2. The molecule has 11 heteroatoms. The van der Waals surface area contributed by atoms with Gasteiger partial charge in [-0.25, -0.2) is 22.3 Å². The minimum absolute atomic E-state index is 0.0254. The number of ether oxygens (including phenoxy) is 1. The molecule has 0 spiro atoms. The number of nitrogens with one attached hydrogen (secondary N) is 2. The van der Waals surface area contributed by atoms with E-state index in [0.29, 0.717) is 11.2 Å². The maximum absolute atomic E-state index is 13.6. The first kappa shape index (κ1) is 16.7. The molecule has 4 rings (SSSR count). The van der Waals surface area contributed by atoms with Crippen molar-refractivity contribution in [2.24, 2.45) is 0 Å². The third kappa shape index (κ3) is 3.07. The molecular weight excluding hydrogens is 365 g/mol. The van der Waals surface area contributed by atoms with Crippen LogP contribution in [0.2, 0.25) is 0 Å². The van der Waals surface area contributed by atoms with Gasteiger partial charge in [0.2, 0.25) is 0 Å². The first-order chi connectivity index (χ1) is 12.4. The number of hydroxylamine groups is 2. The molecule has 3 aromatic rings. The highest BCUT2D eigenvalue weighted by atomic mass is 32.2. The van der Waals surface area contributed by atoms with Crippen LogP contribution in [0.5, 0.6) is 5.75 Å². The Morgan fingerprint density at radius 3 is 3.04 bits per heavy atom. The second kappa shape index (κ2) is 6.20.